The molecule has 0 spiro atoms. The molecule has 1 aromatic carbocycles. The summed E-state index contributed by atoms with van der Waals surface area (Å²) >= 11 is 0. The standard InChI is InChI=1S/C21H31N3O2/c1-16-9-10-17(2)19(15-16)20(25)23-11-6-12-24(14-13-23)21(26)22-18-7-4-3-5-8-18/h9-10,15,18H,3-8,11-14H2,1-2H3,(H,22,26). The zero-order valence-electron chi connectivity index (χ0n) is 16.1. The quantitative estimate of drug-likeness (QED) is 0.881. The van der Waals surface area contributed by atoms with Crippen LogP contribution in [0.1, 0.15) is 60.0 Å². The van der Waals surface area contributed by atoms with Gasteiger partial charge in [-0.2, -0.15) is 0 Å². The lowest BCUT2D eigenvalue weighted by Crippen LogP contribution is -2.47. The first-order valence-electron chi connectivity index (χ1n) is 9.96. The van der Waals surface area contributed by atoms with Crippen LogP contribution in [0.5, 0.6) is 0 Å². The molecule has 5 heteroatoms. The Morgan fingerprint density at radius 2 is 1.62 bits per heavy atom. The lowest BCUT2D eigenvalue weighted by atomic mass is 9.96. The van der Waals surface area contributed by atoms with Gasteiger partial charge in [-0.1, -0.05) is 37.0 Å². The number of benzene rings is 1. The summed E-state index contributed by atoms with van der Waals surface area (Å²) in [4.78, 5) is 29.3. The number of carbonyl (C=O) groups excluding carboxylic acids is 2. The van der Waals surface area contributed by atoms with E-state index in [1.165, 1.54) is 19.3 Å². The van der Waals surface area contributed by atoms with Crippen molar-refractivity contribution in [2.24, 2.45) is 0 Å². The Labute approximate surface area is 156 Å². The molecule has 3 amide bonds. The van der Waals surface area contributed by atoms with Crippen LogP contribution < -0.4 is 5.32 Å². The van der Waals surface area contributed by atoms with Crippen molar-refractivity contribution in [2.45, 2.75) is 58.4 Å². The molecule has 0 radical (unpaired) electrons. The number of rotatable bonds is 2. The molecule has 26 heavy (non-hydrogen) atoms. The fourth-order valence-electron chi connectivity index (χ4n) is 3.97. The summed E-state index contributed by atoms with van der Waals surface area (Å²) in [6.45, 7) is 6.62. The van der Waals surface area contributed by atoms with Crippen LogP contribution in [0.2, 0.25) is 0 Å². The van der Waals surface area contributed by atoms with Crippen LogP contribution in [0.15, 0.2) is 18.2 Å². The van der Waals surface area contributed by atoms with Crippen LogP contribution in [-0.4, -0.2) is 54.0 Å². The van der Waals surface area contributed by atoms with E-state index in [2.05, 4.69) is 5.32 Å². The van der Waals surface area contributed by atoms with Crippen molar-refractivity contribution in [3.05, 3.63) is 34.9 Å². The third-order valence-corrected chi connectivity index (χ3v) is 5.63. The maximum atomic E-state index is 12.9. The van der Waals surface area contributed by atoms with Crippen molar-refractivity contribution in [1.29, 1.82) is 0 Å². The first-order chi connectivity index (χ1) is 12.5. The predicted octanol–water partition coefficient (Wildman–Crippen LogP) is 3.49. The lowest BCUT2D eigenvalue weighted by molar-refractivity contribution is 0.0761. The van der Waals surface area contributed by atoms with Crippen LogP contribution in [0, 0.1) is 13.8 Å². The predicted molar refractivity (Wildman–Crippen MR) is 103 cm³/mol. The maximum absolute atomic E-state index is 12.9. The molecule has 1 aromatic rings. The van der Waals surface area contributed by atoms with Gasteiger partial charge in [-0.25, -0.2) is 4.79 Å². The highest BCUT2D eigenvalue weighted by molar-refractivity contribution is 5.96. The van der Waals surface area contributed by atoms with E-state index in [1.807, 2.05) is 41.8 Å². The van der Waals surface area contributed by atoms with E-state index in [0.29, 0.717) is 25.7 Å². The van der Waals surface area contributed by atoms with Crippen molar-refractivity contribution in [3.8, 4) is 0 Å². The highest BCUT2D eigenvalue weighted by Gasteiger charge is 2.25. The van der Waals surface area contributed by atoms with Crippen LogP contribution in [0.25, 0.3) is 0 Å². The Kier molecular flexibility index (Phi) is 6.17. The summed E-state index contributed by atoms with van der Waals surface area (Å²) in [5.74, 6) is 0.0840. The summed E-state index contributed by atoms with van der Waals surface area (Å²) in [5, 5.41) is 3.19. The maximum Gasteiger partial charge on any atom is 0.317 e. The van der Waals surface area contributed by atoms with Gasteiger partial charge < -0.3 is 15.1 Å². The second-order valence-corrected chi connectivity index (χ2v) is 7.74. The minimum atomic E-state index is 0.0398. The van der Waals surface area contributed by atoms with Crippen LogP contribution in [0.4, 0.5) is 4.79 Å². The van der Waals surface area contributed by atoms with Gasteiger partial charge in [0.1, 0.15) is 0 Å². The topological polar surface area (TPSA) is 52.7 Å². The first kappa shape index (κ1) is 18.7. The molecule has 1 heterocycles. The summed E-state index contributed by atoms with van der Waals surface area (Å²) in [6.07, 6.45) is 6.72. The third-order valence-electron chi connectivity index (χ3n) is 5.63. The second-order valence-electron chi connectivity index (χ2n) is 7.74. The molecule has 3 rings (SSSR count). The Morgan fingerprint density at radius 1 is 0.923 bits per heavy atom. The molecule has 0 unspecified atom stereocenters. The first-order valence-corrected chi connectivity index (χ1v) is 9.96. The average molecular weight is 357 g/mol. The molecule has 0 aromatic heterocycles. The summed E-state index contributed by atoms with van der Waals surface area (Å²) in [5.41, 5.74) is 2.89. The Hall–Kier alpha value is -2.04. The van der Waals surface area contributed by atoms with Crippen molar-refractivity contribution >= 4 is 11.9 Å². The lowest BCUT2D eigenvalue weighted by Gasteiger charge is -2.27. The number of nitrogens with one attached hydrogen (secondary N) is 1. The number of hydrogen-bond donors (Lipinski definition) is 1. The van der Waals surface area contributed by atoms with Crippen LogP contribution >= 0.6 is 0 Å². The van der Waals surface area contributed by atoms with Crippen molar-refractivity contribution in [2.75, 3.05) is 26.2 Å². The molecular weight excluding hydrogens is 326 g/mol. The number of aryl methyl sites for hydroxylation is 2. The van der Waals surface area contributed by atoms with Gasteiger partial charge >= 0.3 is 6.03 Å². The van der Waals surface area contributed by atoms with Gasteiger partial charge in [0.25, 0.3) is 5.91 Å². The Balaban J connectivity index is 1.58. The summed E-state index contributed by atoms with van der Waals surface area (Å²) in [7, 11) is 0. The number of amides is 3. The highest BCUT2D eigenvalue weighted by atomic mass is 16.2. The van der Waals surface area contributed by atoms with Gasteiger partial charge in [-0.05, 0) is 44.7 Å². The van der Waals surface area contributed by atoms with Crippen molar-refractivity contribution in [1.82, 2.24) is 15.1 Å². The summed E-state index contributed by atoms with van der Waals surface area (Å²) < 4.78 is 0. The number of urea groups is 1. The molecule has 1 aliphatic carbocycles. The van der Waals surface area contributed by atoms with E-state index in [-0.39, 0.29) is 11.9 Å². The molecule has 1 saturated carbocycles. The van der Waals surface area contributed by atoms with E-state index in [9.17, 15) is 9.59 Å². The zero-order valence-corrected chi connectivity index (χ0v) is 16.1. The molecular formula is C21H31N3O2. The third kappa shape index (κ3) is 4.57. The summed E-state index contributed by atoms with van der Waals surface area (Å²) in [6, 6.07) is 6.37. The monoisotopic (exact) mass is 357 g/mol. The Bertz CT molecular complexity index is 653. The van der Waals surface area contributed by atoms with Crippen LogP contribution in [0.3, 0.4) is 0 Å². The largest absolute Gasteiger partial charge is 0.337 e. The fraction of sp³-hybridized carbons (Fsp3) is 0.619. The molecule has 1 N–H and O–H groups in total. The SMILES string of the molecule is Cc1ccc(C)c(C(=O)N2CCCN(C(=O)NC3CCCCC3)CC2)c1. The molecule has 2 fully saturated rings. The normalized spacial score (nSPS) is 19.2. The van der Waals surface area contributed by atoms with E-state index in [1.54, 1.807) is 0 Å². The van der Waals surface area contributed by atoms with Crippen molar-refractivity contribution in [3.63, 3.8) is 0 Å². The van der Waals surface area contributed by atoms with Gasteiger partial charge in [-0.3, -0.25) is 4.79 Å². The smallest absolute Gasteiger partial charge is 0.317 e. The van der Waals surface area contributed by atoms with E-state index < -0.39 is 0 Å². The number of nitrogens with zero attached hydrogens (tertiary/aromatic N) is 2. The highest BCUT2D eigenvalue weighted by Crippen LogP contribution is 2.18. The number of hydrogen-bond acceptors (Lipinski definition) is 2. The van der Waals surface area contributed by atoms with Gasteiger partial charge in [0, 0.05) is 37.8 Å². The second kappa shape index (κ2) is 8.56. The van der Waals surface area contributed by atoms with E-state index in [0.717, 1.165) is 42.5 Å². The molecule has 1 aliphatic heterocycles. The molecule has 0 bridgehead atoms. The minimum Gasteiger partial charge on any atom is -0.337 e. The zero-order chi connectivity index (χ0) is 18.5. The van der Waals surface area contributed by atoms with Gasteiger partial charge in [0.2, 0.25) is 0 Å². The number of carbonyl (C=O) groups is 2. The molecule has 5 nitrogen and oxygen atoms in total. The fourth-order valence-corrected chi connectivity index (χ4v) is 3.97. The molecule has 2 aliphatic rings. The van der Waals surface area contributed by atoms with Crippen molar-refractivity contribution < 1.29 is 9.59 Å². The molecule has 0 atom stereocenters. The van der Waals surface area contributed by atoms with E-state index >= 15 is 0 Å². The van der Waals surface area contributed by atoms with Crippen LogP contribution in [-0.2, 0) is 0 Å². The van der Waals surface area contributed by atoms with Gasteiger partial charge in [0.05, 0.1) is 0 Å². The minimum absolute atomic E-state index is 0.0398. The van der Waals surface area contributed by atoms with Gasteiger partial charge in [0.15, 0.2) is 0 Å². The average Bonchev–Trinajstić information content (AvgIpc) is 2.90. The molecule has 142 valence electrons. The Morgan fingerprint density at radius 3 is 2.38 bits per heavy atom. The van der Waals surface area contributed by atoms with E-state index in [4.69, 9.17) is 0 Å². The van der Waals surface area contributed by atoms with Gasteiger partial charge in [-0.15, -0.1) is 0 Å². The molecule has 1 saturated heterocycles.